The van der Waals surface area contributed by atoms with E-state index >= 15 is 0 Å². The van der Waals surface area contributed by atoms with Gasteiger partial charge in [-0.05, 0) is 37.3 Å². The Kier molecular flexibility index (Phi) is 4.67. The fraction of sp³-hybridized carbons (Fsp3) is 0.200. The number of methoxy groups -OCH3 is 3. The maximum atomic E-state index is 11.6. The van der Waals surface area contributed by atoms with Crippen molar-refractivity contribution in [2.75, 3.05) is 21.3 Å². The van der Waals surface area contributed by atoms with E-state index in [9.17, 15) is 9.90 Å². The molecule has 0 N–H and O–H groups in total. The number of carboxylic acid groups (broad SMARTS) is 1. The number of carboxylic acids is 1. The van der Waals surface area contributed by atoms with Crippen LogP contribution in [0.5, 0.6) is 17.2 Å². The number of pyridine rings is 1. The summed E-state index contributed by atoms with van der Waals surface area (Å²) in [6.07, 6.45) is 0. The number of rotatable bonds is 5. The molecule has 0 saturated carbocycles. The van der Waals surface area contributed by atoms with E-state index < -0.39 is 5.97 Å². The molecule has 0 saturated heterocycles. The van der Waals surface area contributed by atoms with E-state index in [-0.39, 0.29) is 5.56 Å². The van der Waals surface area contributed by atoms with Gasteiger partial charge in [0.15, 0.2) is 11.5 Å². The minimum absolute atomic E-state index is 0.0856. The van der Waals surface area contributed by atoms with Gasteiger partial charge in [0.05, 0.1) is 38.5 Å². The van der Waals surface area contributed by atoms with Crippen LogP contribution in [0.1, 0.15) is 15.9 Å². The molecule has 3 aromatic rings. The van der Waals surface area contributed by atoms with Gasteiger partial charge < -0.3 is 24.1 Å². The van der Waals surface area contributed by atoms with Crippen molar-refractivity contribution in [2.24, 2.45) is 0 Å². The molecular formula is C20H18NO5-. The van der Waals surface area contributed by atoms with Crippen molar-refractivity contribution >= 4 is 16.9 Å². The number of ether oxygens (including phenoxy) is 3. The molecule has 0 spiro atoms. The van der Waals surface area contributed by atoms with Gasteiger partial charge in [0.25, 0.3) is 0 Å². The molecular weight excluding hydrogens is 334 g/mol. The minimum Gasteiger partial charge on any atom is -0.545 e. The summed E-state index contributed by atoms with van der Waals surface area (Å²) in [5.74, 6) is 0.122. The Morgan fingerprint density at radius 2 is 1.62 bits per heavy atom. The molecule has 1 aromatic heterocycles. The largest absolute Gasteiger partial charge is 0.545 e. The first-order valence-corrected chi connectivity index (χ1v) is 7.91. The number of hydrogen-bond donors (Lipinski definition) is 0. The predicted molar refractivity (Wildman–Crippen MR) is 95.9 cm³/mol. The van der Waals surface area contributed by atoms with Crippen LogP contribution in [0.4, 0.5) is 0 Å². The van der Waals surface area contributed by atoms with Crippen molar-refractivity contribution in [1.29, 1.82) is 0 Å². The lowest BCUT2D eigenvalue weighted by molar-refractivity contribution is -0.254. The highest BCUT2D eigenvalue weighted by atomic mass is 16.5. The highest BCUT2D eigenvalue weighted by Crippen LogP contribution is 2.41. The summed E-state index contributed by atoms with van der Waals surface area (Å²) in [6, 6.07) is 10.4. The molecule has 0 amide bonds. The van der Waals surface area contributed by atoms with Gasteiger partial charge in [-0.25, -0.2) is 4.98 Å². The molecule has 0 aliphatic heterocycles. The smallest absolute Gasteiger partial charge is 0.203 e. The van der Waals surface area contributed by atoms with Crippen LogP contribution in [-0.4, -0.2) is 32.3 Å². The quantitative estimate of drug-likeness (QED) is 0.702. The van der Waals surface area contributed by atoms with E-state index in [0.29, 0.717) is 39.4 Å². The van der Waals surface area contributed by atoms with Crippen molar-refractivity contribution in [3.63, 3.8) is 0 Å². The van der Waals surface area contributed by atoms with Crippen molar-refractivity contribution in [2.45, 2.75) is 6.92 Å². The van der Waals surface area contributed by atoms with E-state index in [1.807, 2.05) is 13.0 Å². The van der Waals surface area contributed by atoms with Crippen LogP contribution in [0.25, 0.3) is 22.2 Å². The molecule has 0 unspecified atom stereocenters. The van der Waals surface area contributed by atoms with E-state index in [4.69, 9.17) is 14.2 Å². The van der Waals surface area contributed by atoms with Gasteiger partial charge in [-0.2, -0.15) is 0 Å². The summed E-state index contributed by atoms with van der Waals surface area (Å²) in [5.41, 5.74) is 2.72. The number of aromatic nitrogens is 1. The Balaban J connectivity index is 2.29. The number of aryl methyl sites for hydroxylation is 1. The lowest BCUT2D eigenvalue weighted by Crippen LogP contribution is -2.22. The molecule has 134 valence electrons. The fourth-order valence-corrected chi connectivity index (χ4v) is 2.89. The second-order valence-corrected chi connectivity index (χ2v) is 5.78. The van der Waals surface area contributed by atoms with Gasteiger partial charge in [0, 0.05) is 16.5 Å². The summed E-state index contributed by atoms with van der Waals surface area (Å²) < 4.78 is 16.0. The second-order valence-electron chi connectivity index (χ2n) is 5.78. The van der Waals surface area contributed by atoms with Crippen LogP contribution < -0.4 is 19.3 Å². The van der Waals surface area contributed by atoms with Crippen LogP contribution in [0, 0.1) is 6.92 Å². The molecule has 0 aliphatic rings. The zero-order valence-electron chi connectivity index (χ0n) is 15.0. The lowest BCUT2D eigenvalue weighted by Gasteiger charge is -2.15. The standard InChI is InChI=1S/C20H19NO5/c1-11-5-6-15-13(7-11)14(20(22)23)10-16(21-15)12-8-17(24-2)19(26-4)18(9-12)25-3/h5-10H,1-4H3,(H,22,23)/p-1. The highest BCUT2D eigenvalue weighted by molar-refractivity contribution is 6.03. The van der Waals surface area contributed by atoms with E-state index in [2.05, 4.69) is 4.98 Å². The average Bonchev–Trinajstić information content (AvgIpc) is 2.65. The fourth-order valence-electron chi connectivity index (χ4n) is 2.89. The third-order valence-electron chi connectivity index (χ3n) is 4.14. The number of aromatic carboxylic acids is 1. The van der Waals surface area contributed by atoms with Crippen molar-refractivity contribution < 1.29 is 24.1 Å². The van der Waals surface area contributed by atoms with Gasteiger partial charge in [0.1, 0.15) is 0 Å². The molecule has 3 rings (SSSR count). The third kappa shape index (κ3) is 3.01. The molecule has 0 atom stereocenters. The topological polar surface area (TPSA) is 80.7 Å². The number of nitrogens with zero attached hydrogens (tertiary/aromatic N) is 1. The van der Waals surface area contributed by atoms with Crippen LogP contribution in [0.2, 0.25) is 0 Å². The second kappa shape index (κ2) is 6.92. The normalized spacial score (nSPS) is 10.6. The summed E-state index contributed by atoms with van der Waals surface area (Å²) in [7, 11) is 4.55. The summed E-state index contributed by atoms with van der Waals surface area (Å²) in [6.45, 7) is 1.89. The molecule has 0 aliphatic carbocycles. The zero-order chi connectivity index (χ0) is 18.8. The van der Waals surface area contributed by atoms with E-state index in [0.717, 1.165) is 5.56 Å². The third-order valence-corrected chi connectivity index (χ3v) is 4.14. The highest BCUT2D eigenvalue weighted by Gasteiger charge is 2.16. The maximum Gasteiger partial charge on any atom is 0.203 e. The van der Waals surface area contributed by atoms with Gasteiger partial charge >= 0.3 is 0 Å². The summed E-state index contributed by atoms with van der Waals surface area (Å²) in [4.78, 5) is 16.2. The Morgan fingerprint density at radius 1 is 0.962 bits per heavy atom. The van der Waals surface area contributed by atoms with E-state index in [1.165, 1.54) is 27.4 Å². The number of carbonyl (C=O) groups is 1. The Bertz CT molecular complexity index is 972. The van der Waals surface area contributed by atoms with Gasteiger partial charge in [-0.15, -0.1) is 0 Å². The Morgan fingerprint density at radius 3 is 2.15 bits per heavy atom. The number of hydrogen-bond acceptors (Lipinski definition) is 6. The van der Waals surface area contributed by atoms with E-state index in [1.54, 1.807) is 24.3 Å². The van der Waals surface area contributed by atoms with Gasteiger partial charge in [-0.3, -0.25) is 0 Å². The first-order chi connectivity index (χ1) is 12.5. The Labute approximate surface area is 151 Å². The molecule has 2 aromatic carbocycles. The molecule has 1 heterocycles. The number of carbonyl (C=O) groups excluding carboxylic acids is 1. The predicted octanol–water partition coefficient (Wildman–Crippen LogP) is 2.60. The molecule has 6 heteroatoms. The van der Waals surface area contributed by atoms with Gasteiger partial charge in [-0.1, -0.05) is 11.6 Å². The Hall–Kier alpha value is -3.28. The van der Waals surface area contributed by atoms with Crippen LogP contribution in [0.3, 0.4) is 0 Å². The van der Waals surface area contributed by atoms with Crippen molar-refractivity contribution in [1.82, 2.24) is 4.98 Å². The molecule has 6 nitrogen and oxygen atoms in total. The van der Waals surface area contributed by atoms with Crippen molar-refractivity contribution in [3.8, 4) is 28.5 Å². The molecule has 0 bridgehead atoms. The number of fused-ring (bicyclic) bond motifs is 1. The van der Waals surface area contributed by atoms with Gasteiger partial charge in [0.2, 0.25) is 5.75 Å². The molecule has 0 fully saturated rings. The van der Waals surface area contributed by atoms with Crippen LogP contribution >= 0.6 is 0 Å². The zero-order valence-corrected chi connectivity index (χ0v) is 15.0. The van der Waals surface area contributed by atoms with Crippen molar-refractivity contribution in [3.05, 3.63) is 47.5 Å². The summed E-state index contributed by atoms with van der Waals surface area (Å²) >= 11 is 0. The summed E-state index contributed by atoms with van der Waals surface area (Å²) in [5, 5.41) is 12.2. The van der Waals surface area contributed by atoms with Crippen LogP contribution in [-0.2, 0) is 0 Å². The molecule has 26 heavy (non-hydrogen) atoms. The molecule has 0 radical (unpaired) electrons. The van der Waals surface area contributed by atoms with Crippen LogP contribution in [0.15, 0.2) is 36.4 Å². The first kappa shape index (κ1) is 17.5. The first-order valence-electron chi connectivity index (χ1n) is 7.91. The minimum atomic E-state index is -1.25. The SMILES string of the molecule is COc1cc(-c2cc(C(=O)[O-])c3cc(C)ccc3n2)cc(OC)c1OC. The maximum absolute atomic E-state index is 11.6. The number of benzene rings is 2. The lowest BCUT2D eigenvalue weighted by atomic mass is 10.0. The monoisotopic (exact) mass is 352 g/mol. The average molecular weight is 352 g/mol.